The third kappa shape index (κ3) is 4.14. The lowest BCUT2D eigenvalue weighted by molar-refractivity contribution is -0.0701. The Hall–Kier alpha value is -0.810. The number of rotatable bonds is 2. The average Bonchev–Trinajstić information content (AvgIpc) is 2.27. The standard InChI is InChI=1S/C13H26N2O3/c1-12(2,3)18-11(16)15-7-8-17-10(9-15)13(4,5)14-6/h10,14H,7-9H2,1-6H3. The van der Waals surface area contributed by atoms with Crippen molar-refractivity contribution in [1.29, 1.82) is 0 Å². The van der Waals surface area contributed by atoms with Crippen molar-refractivity contribution in [2.45, 2.75) is 51.9 Å². The zero-order valence-electron chi connectivity index (χ0n) is 12.4. The molecule has 5 heteroatoms. The molecule has 0 bridgehead atoms. The monoisotopic (exact) mass is 258 g/mol. The molecule has 1 unspecified atom stereocenters. The van der Waals surface area contributed by atoms with E-state index in [1.54, 1.807) is 4.90 Å². The van der Waals surface area contributed by atoms with Crippen LogP contribution in [0.5, 0.6) is 0 Å². The second-order valence-electron chi connectivity index (χ2n) is 6.26. The molecule has 1 amide bonds. The van der Waals surface area contributed by atoms with E-state index in [1.165, 1.54) is 0 Å². The Morgan fingerprint density at radius 3 is 2.44 bits per heavy atom. The quantitative estimate of drug-likeness (QED) is 0.817. The molecule has 1 atom stereocenters. The fourth-order valence-corrected chi connectivity index (χ4v) is 1.74. The van der Waals surface area contributed by atoms with Crippen LogP contribution < -0.4 is 5.32 Å². The molecule has 1 saturated heterocycles. The highest BCUT2D eigenvalue weighted by Gasteiger charge is 2.35. The summed E-state index contributed by atoms with van der Waals surface area (Å²) in [5, 5.41) is 3.21. The number of hydrogen-bond donors (Lipinski definition) is 1. The molecule has 0 radical (unpaired) electrons. The van der Waals surface area contributed by atoms with Gasteiger partial charge in [-0.3, -0.25) is 0 Å². The molecule has 0 aliphatic carbocycles. The Labute approximate surface area is 110 Å². The van der Waals surface area contributed by atoms with E-state index in [2.05, 4.69) is 19.2 Å². The van der Waals surface area contributed by atoms with Crippen molar-refractivity contribution < 1.29 is 14.3 Å². The van der Waals surface area contributed by atoms with Crippen molar-refractivity contribution in [3.05, 3.63) is 0 Å². The molecule has 0 spiro atoms. The molecule has 0 aromatic rings. The summed E-state index contributed by atoms with van der Waals surface area (Å²) in [7, 11) is 1.90. The van der Waals surface area contributed by atoms with Crippen molar-refractivity contribution in [1.82, 2.24) is 10.2 Å². The summed E-state index contributed by atoms with van der Waals surface area (Å²) in [6, 6.07) is 0. The highest BCUT2D eigenvalue weighted by atomic mass is 16.6. The zero-order valence-corrected chi connectivity index (χ0v) is 12.4. The summed E-state index contributed by atoms with van der Waals surface area (Å²) in [6.07, 6.45) is -0.286. The van der Waals surface area contributed by atoms with E-state index >= 15 is 0 Å². The molecule has 1 rings (SSSR count). The molecular weight excluding hydrogens is 232 g/mol. The van der Waals surface area contributed by atoms with Crippen LogP contribution in [0.3, 0.4) is 0 Å². The van der Waals surface area contributed by atoms with Crippen molar-refractivity contribution in [2.24, 2.45) is 0 Å². The van der Waals surface area contributed by atoms with Crippen LogP contribution >= 0.6 is 0 Å². The summed E-state index contributed by atoms with van der Waals surface area (Å²) in [4.78, 5) is 13.7. The summed E-state index contributed by atoms with van der Waals surface area (Å²) in [5.74, 6) is 0. The molecule has 1 N–H and O–H groups in total. The summed E-state index contributed by atoms with van der Waals surface area (Å²) in [5.41, 5.74) is -0.621. The van der Waals surface area contributed by atoms with Gasteiger partial charge < -0.3 is 19.7 Å². The van der Waals surface area contributed by atoms with Gasteiger partial charge in [-0.1, -0.05) is 0 Å². The number of carbonyl (C=O) groups is 1. The van der Waals surface area contributed by atoms with Crippen LogP contribution in [-0.2, 0) is 9.47 Å². The maximum absolute atomic E-state index is 12.0. The van der Waals surface area contributed by atoms with Gasteiger partial charge in [0.15, 0.2) is 0 Å². The number of likely N-dealkylation sites (N-methyl/N-ethyl adjacent to an activating group) is 1. The van der Waals surface area contributed by atoms with E-state index in [9.17, 15) is 4.79 Å². The number of carbonyl (C=O) groups excluding carboxylic acids is 1. The Balaban J connectivity index is 2.61. The average molecular weight is 258 g/mol. The topological polar surface area (TPSA) is 50.8 Å². The molecule has 1 aliphatic heterocycles. The fourth-order valence-electron chi connectivity index (χ4n) is 1.74. The molecule has 1 aliphatic rings. The number of ether oxygens (including phenoxy) is 2. The minimum Gasteiger partial charge on any atom is -0.444 e. The molecular formula is C13H26N2O3. The second kappa shape index (κ2) is 5.45. The Morgan fingerprint density at radius 1 is 1.33 bits per heavy atom. The van der Waals surface area contributed by atoms with Gasteiger partial charge in [0.25, 0.3) is 0 Å². The summed E-state index contributed by atoms with van der Waals surface area (Å²) >= 11 is 0. The first-order chi connectivity index (χ1) is 8.15. The van der Waals surface area contributed by atoms with Crippen LogP contribution in [-0.4, -0.2) is 55.0 Å². The minimum atomic E-state index is -0.455. The van der Waals surface area contributed by atoms with E-state index in [0.717, 1.165) is 0 Å². The lowest BCUT2D eigenvalue weighted by Crippen LogP contribution is -2.58. The molecule has 1 heterocycles. The molecule has 5 nitrogen and oxygen atoms in total. The largest absolute Gasteiger partial charge is 0.444 e. The van der Waals surface area contributed by atoms with Crippen molar-refractivity contribution in [3.63, 3.8) is 0 Å². The zero-order chi connectivity index (χ0) is 14.0. The molecule has 1 fully saturated rings. The number of nitrogens with zero attached hydrogens (tertiary/aromatic N) is 1. The van der Waals surface area contributed by atoms with Gasteiger partial charge in [-0.25, -0.2) is 4.79 Å². The van der Waals surface area contributed by atoms with Crippen LogP contribution in [0.25, 0.3) is 0 Å². The first-order valence-electron chi connectivity index (χ1n) is 6.44. The SMILES string of the molecule is CNC(C)(C)C1CN(C(=O)OC(C)(C)C)CCO1. The predicted molar refractivity (Wildman–Crippen MR) is 70.7 cm³/mol. The van der Waals surface area contributed by atoms with Crippen molar-refractivity contribution in [2.75, 3.05) is 26.7 Å². The normalized spacial score (nSPS) is 21.9. The number of morpholine rings is 1. The van der Waals surface area contributed by atoms with Crippen molar-refractivity contribution >= 4 is 6.09 Å². The van der Waals surface area contributed by atoms with Crippen molar-refractivity contribution in [3.8, 4) is 0 Å². The van der Waals surface area contributed by atoms with Gasteiger partial charge >= 0.3 is 6.09 Å². The van der Waals surface area contributed by atoms with Gasteiger partial charge in [0.1, 0.15) is 5.60 Å². The highest BCUT2D eigenvalue weighted by Crippen LogP contribution is 2.19. The molecule has 18 heavy (non-hydrogen) atoms. The Morgan fingerprint density at radius 2 is 1.94 bits per heavy atom. The smallest absolute Gasteiger partial charge is 0.410 e. The lowest BCUT2D eigenvalue weighted by Gasteiger charge is -2.41. The van der Waals surface area contributed by atoms with Gasteiger partial charge in [0, 0.05) is 12.1 Å². The van der Waals surface area contributed by atoms with Crippen LogP contribution in [0, 0.1) is 0 Å². The fraction of sp³-hybridized carbons (Fsp3) is 0.923. The predicted octanol–water partition coefficient (Wildman–Crippen LogP) is 1.62. The van der Waals surface area contributed by atoms with Gasteiger partial charge in [-0.05, 0) is 41.7 Å². The van der Waals surface area contributed by atoms with E-state index in [-0.39, 0.29) is 17.7 Å². The van der Waals surface area contributed by atoms with Crippen LogP contribution in [0.15, 0.2) is 0 Å². The third-order valence-corrected chi connectivity index (χ3v) is 3.17. The number of amides is 1. The van der Waals surface area contributed by atoms with Gasteiger partial charge in [0.05, 0.1) is 19.3 Å². The van der Waals surface area contributed by atoms with Gasteiger partial charge in [0.2, 0.25) is 0 Å². The van der Waals surface area contributed by atoms with Gasteiger partial charge in [-0.15, -0.1) is 0 Å². The first kappa shape index (κ1) is 15.2. The number of nitrogens with one attached hydrogen (secondary N) is 1. The van der Waals surface area contributed by atoms with E-state index in [1.807, 2.05) is 27.8 Å². The second-order valence-corrected chi connectivity index (χ2v) is 6.26. The molecule has 0 saturated carbocycles. The summed E-state index contributed by atoms with van der Waals surface area (Å²) in [6.45, 7) is 11.5. The van der Waals surface area contributed by atoms with Crippen LogP contribution in [0.4, 0.5) is 4.79 Å². The third-order valence-electron chi connectivity index (χ3n) is 3.17. The maximum Gasteiger partial charge on any atom is 0.410 e. The van der Waals surface area contributed by atoms with Crippen LogP contribution in [0.1, 0.15) is 34.6 Å². The highest BCUT2D eigenvalue weighted by molar-refractivity contribution is 5.68. The van der Waals surface area contributed by atoms with E-state index in [0.29, 0.717) is 19.7 Å². The molecule has 0 aromatic heterocycles. The van der Waals surface area contributed by atoms with Crippen LogP contribution in [0.2, 0.25) is 0 Å². The minimum absolute atomic E-state index is 0.0243. The van der Waals surface area contributed by atoms with Gasteiger partial charge in [-0.2, -0.15) is 0 Å². The Bertz CT molecular complexity index is 297. The maximum atomic E-state index is 12.0. The summed E-state index contributed by atoms with van der Waals surface area (Å²) < 4.78 is 11.1. The van der Waals surface area contributed by atoms with E-state index in [4.69, 9.17) is 9.47 Å². The first-order valence-corrected chi connectivity index (χ1v) is 6.44. The number of hydrogen-bond acceptors (Lipinski definition) is 4. The lowest BCUT2D eigenvalue weighted by atomic mass is 9.96. The van der Waals surface area contributed by atoms with E-state index < -0.39 is 5.60 Å². The molecule has 0 aromatic carbocycles. The Kier molecular flexibility index (Phi) is 4.61. The molecule has 106 valence electrons.